The van der Waals surface area contributed by atoms with Crippen LogP contribution in [0.25, 0.3) is 0 Å². The zero-order chi connectivity index (χ0) is 12.9. The highest BCUT2D eigenvalue weighted by Crippen LogP contribution is 2.28. The fraction of sp³-hybridized carbons (Fsp3) is 0.867. The smallest absolute Gasteiger partial charge is 0.0223 e. The molecule has 17 heavy (non-hydrogen) atoms. The van der Waals surface area contributed by atoms with Gasteiger partial charge in [0.2, 0.25) is 0 Å². The summed E-state index contributed by atoms with van der Waals surface area (Å²) in [6.07, 6.45) is 7.11. The quantitative estimate of drug-likeness (QED) is 0.693. The molecule has 0 amide bonds. The second kappa shape index (κ2) is 6.19. The van der Waals surface area contributed by atoms with Crippen molar-refractivity contribution in [2.75, 3.05) is 0 Å². The Labute approximate surface area is 108 Å². The molecule has 2 N–H and O–H groups in total. The van der Waals surface area contributed by atoms with E-state index in [0.29, 0.717) is 6.04 Å². The molecule has 2 heteroatoms. The van der Waals surface area contributed by atoms with Crippen LogP contribution < -0.4 is 10.6 Å². The monoisotopic (exact) mass is 238 g/mol. The molecule has 1 rings (SSSR count). The van der Waals surface area contributed by atoms with Crippen molar-refractivity contribution in [2.45, 2.75) is 83.3 Å². The van der Waals surface area contributed by atoms with E-state index >= 15 is 0 Å². The van der Waals surface area contributed by atoms with E-state index < -0.39 is 0 Å². The van der Waals surface area contributed by atoms with Crippen molar-refractivity contribution in [2.24, 2.45) is 0 Å². The molecule has 1 fully saturated rings. The molecule has 1 aliphatic heterocycles. The van der Waals surface area contributed by atoms with Gasteiger partial charge in [0.05, 0.1) is 0 Å². The van der Waals surface area contributed by atoms with E-state index in [1.807, 2.05) is 0 Å². The summed E-state index contributed by atoms with van der Waals surface area (Å²) >= 11 is 0. The topological polar surface area (TPSA) is 24.1 Å². The van der Waals surface area contributed by atoms with Gasteiger partial charge in [-0.1, -0.05) is 26.2 Å². The molecule has 1 aliphatic rings. The number of unbranched alkanes of at least 4 members (excludes halogenated alkanes) is 3. The molecule has 0 saturated carbocycles. The van der Waals surface area contributed by atoms with Crippen LogP contribution in [0.1, 0.15) is 66.2 Å². The highest BCUT2D eigenvalue weighted by molar-refractivity contribution is 5.00. The van der Waals surface area contributed by atoms with E-state index in [9.17, 15) is 0 Å². The van der Waals surface area contributed by atoms with Gasteiger partial charge in [-0.15, -0.1) is 0 Å². The first-order valence-electron chi connectivity index (χ1n) is 7.01. The van der Waals surface area contributed by atoms with Crippen molar-refractivity contribution in [1.82, 2.24) is 10.6 Å². The minimum Gasteiger partial charge on any atom is -0.310 e. The molecule has 0 aromatic carbocycles. The van der Waals surface area contributed by atoms with Crippen molar-refractivity contribution in [1.29, 1.82) is 0 Å². The minimum absolute atomic E-state index is 0.237. The maximum Gasteiger partial charge on any atom is 0.0223 e. The molecule has 0 aromatic heterocycles. The average Bonchev–Trinajstić information content (AvgIpc) is 2.12. The standard InChI is InChI=1S/C15H30N2/c1-6-7-8-9-10-16-13-11-14(2,3)17-15(4,5)12-13/h10,13,16-17H,1,6-9,11-12H2,2-5H3. The Morgan fingerprint density at radius 2 is 1.76 bits per heavy atom. The van der Waals surface area contributed by atoms with Crippen molar-refractivity contribution in [3.63, 3.8) is 0 Å². The van der Waals surface area contributed by atoms with E-state index in [1.165, 1.54) is 32.1 Å². The Morgan fingerprint density at radius 1 is 1.18 bits per heavy atom. The summed E-state index contributed by atoms with van der Waals surface area (Å²) in [5, 5.41) is 7.32. The van der Waals surface area contributed by atoms with E-state index in [0.717, 1.165) is 6.42 Å². The summed E-state index contributed by atoms with van der Waals surface area (Å²) in [5.74, 6) is 0. The van der Waals surface area contributed by atoms with Crippen LogP contribution in [0.15, 0.2) is 0 Å². The van der Waals surface area contributed by atoms with Gasteiger partial charge in [-0.2, -0.15) is 0 Å². The molecule has 2 radical (unpaired) electrons. The van der Waals surface area contributed by atoms with Crippen LogP contribution in [-0.4, -0.2) is 17.1 Å². The van der Waals surface area contributed by atoms with E-state index in [-0.39, 0.29) is 11.1 Å². The van der Waals surface area contributed by atoms with Gasteiger partial charge in [0.15, 0.2) is 0 Å². The first kappa shape index (κ1) is 15.0. The zero-order valence-corrected chi connectivity index (χ0v) is 12.1. The van der Waals surface area contributed by atoms with E-state index in [2.05, 4.69) is 51.8 Å². The Bertz CT molecular complexity index is 205. The summed E-state index contributed by atoms with van der Waals surface area (Å²) in [6.45, 7) is 15.3. The molecule has 0 bridgehead atoms. The molecule has 0 atom stereocenters. The third kappa shape index (κ3) is 5.87. The van der Waals surface area contributed by atoms with Crippen LogP contribution in [0.2, 0.25) is 0 Å². The predicted octanol–water partition coefficient (Wildman–Crippen LogP) is 3.44. The van der Waals surface area contributed by atoms with Gasteiger partial charge in [-0.3, -0.25) is 0 Å². The first-order valence-corrected chi connectivity index (χ1v) is 7.01. The lowest BCUT2D eigenvalue weighted by Crippen LogP contribution is -2.61. The van der Waals surface area contributed by atoms with Gasteiger partial charge in [0.25, 0.3) is 0 Å². The molecule has 0 aliphatic carbocycles. The fourth-order valence-corrected chi connectivity index (χ4v) is 3.11. The number of hydrogen-bond donors (Lipinski definition) is 2. The largest absolute Gasteiger partial charge is 0.310 e. The van der Waals surface area contributed by atoms with Crippen LogP contribution in [0.5, 0.6) is 0 Å². The Balaban J connectivity index is 2.28. The van der Waals surface area contributed by atoms with Gasteiger partial charge in [-0.05, 0) is 47.0 Å². The van der Waals surface area contributed by atoms with Gasteiger partial charge < -0.3 is 10.6 Å². The van der Waals surface area contributed by atoms with Gasteiger partial charge in [0, 0.05) is 23.7 Å². The second-order valence-electron chi connectivity index (χ2n) is 6.72. The molecular weight excluding hydrogens is 208 g/mol. The summed E-state index contributed by atoms with van der Waals surface area (Å²) in [7, 11) is 0. The zero-order valence-electron chi connectivity index (χ0n) is 12.1. The lowest BCUT2D eigenvalue weighted by atomic mass is 9.79. The fourth-order valence-electron chi connectivity index (χ4n) is 3.11. The van der Waals surface area contributed by atoms with Gasteiger partial charge >= 0.3 is 0 Å². The van der Waals surface area contributed by atoms with Crippen molar-refractivity contribution in [3.8, 4) is 0 Å². The Morgan fingerprint density at radius 3 is 2.29 bits per heavy atom. The first-order chi connectivity index (χ1) is 7.85. The molecule has 100 valence electrons. The van der Waals surface area contributed by atoms with Crippen LogP contribution in [0.3, 0.4) is 0 Å². The van der Waals surface area contributed by atoms with Crippen LogP contribution in [0.4, 0.5) is 0 Å². The molecule has 1 saturated heterocycles. The molecule has 0 spiro atoms. The molecule has 0 aromatic rings. The molecule has 0 unspecified atom stereocenters. The summed E-state index contributed by atoms with van der Waals surface area (Å²) < 4.78 is 0. The van der Waals surface area contributed by atoms with Gasteiger partial charge in [-0.25, -0.2) is 0 Å². The number of piperidine rings is 1. The summed E-state index contributed by atoms with van der Waals surface area (Å²) in [6, 6.07) is 0.612. The van der Waals surface area contributed by atoms with Crippen molar-refractivity contribution in [3.05, 3.63) is 13.5 Å². The Kier molecular flexibility index (Phi) is 5.46. The molecule has 1 heterocycles. The second-order valence-corrected chi connectivity index (χ2v) is 6.72. The van der Waals surface area contributed by atoms with Crippen molar-refractivity contribution >= 4 is 0 Å². The highest BCUT2D eigenvalue weighted by Gasteiger charge is 2.37. The number of nitrogens with one attached hydrogen (secondary N) is 2. The lowest BCUT2D eigenvalue weighted by Gasteiger charge is -2.46. The normalized spacial score (nSPS) is 23.8. The summed E-state index contributed by atoms with van der Waals surface area (Å²) in [4.78, 5) is 0. The highest BCUT2D eigenvalue weighted by atomic mass is 15.1. The maximum atomic E-state index is 3.87. The SMILES string of the molecule is [CH2]CCCC[CH]NC1CC(C)(C)NC(C)(C)C1. The average molecular weight is 238 g/mol. The predicted molar refractivity (Wildman–Crippen MR) is 75.6 cm³/mol. The van der Waals surface area contributed by atoms with Crippen LogP contribution >= 0.6 is 0 Å². The van der Waals surface area contributed by atoms with Crippen molar-refractivity contribution < 1.29 is 0 Å². The van der Waals surface area contributed by atoms with Crippen LogP contribution in [0, 0.1) is 13.5 Å². The molecular formula is C15H30N2. The minimum atomic E-state index is 0.237. The van der Waals surface area contributed by atoms with Gasteiger partial charge in [0.1, 0.15) is 0 Å². The number of hydrogen-bond acceptors (Lipinski definition) is 2. The molecule has 2 nitrogen and oxygen atoms in total. The summed E-state index contributed by atoms with van der Waals surface area (Å²) in [5.41, 5.74) is 0.473. The maximum absolute atomic E-state index is 3.87. The third-order valence-corrected chi connectivity index (χ3v) is 3.39. The Hall–Kier alpha value is -0.0800. The van der Waals surface area contributed by atoms with E-state index in [4.69, 9.17) is 0 Å². The van der Waals surface area contributed by atoms with E-state index in [1.54, 1.807) is 0 Å². The lowest BCUT2D eigenvalue weighted by molar-refractivity contribution is 0.150. The third-order valence-electron chi connectivity index (χ3n) is 3.39. The van der Waals surface area contributed by atoms with Crippen LogP contribution in [-0.2, 0) is 0 Å². The number of rotatable bonds is 6.